The number of carbonyl (C=O) groups is 1. The van der Waals surface area contributed by atoms with Gasteiger partial charge in [0.15, 0.2) is 0 Å². The number of rotatable bonds is 10. The minimum atomic E-state index is -3.92. The maximum atomic E-state index is 11.1. The van der Waals surface area contributed by atoms with E-state index < -0.39 is 15.4 Å². The van der Waals surface area contributed by atoms with Gasteiger partial charge < -0.3 is 10.6 Å². The van der Waals surface area contributed by atoms with Gasteiger partial charge in [0.05, 0.1) is 5.25 Å². The van der Waals surface area contributed by atoms with Crippen molar-refractivity contribution in [1.29, 1.82) is 0 Å². The van der Waals surface area contributed by atoms with E-state index in [1.54, 1.807) is 6.92 Å². The van der Waals surface area contributed by atoms with E-state index in [9.17, 15) is 13.2 Å². The molecule has 0 aromatic rings. The molecule has 0 bridgehead atoms. The van der Waals surface area contributed by atoms with Crippen LogP contribution in [0.2, 0.25) is 0 Å². The molecule has 3 N–H and O–H groups in total. The second-order valence-electron chi connectivity index (χ2n) is 4.61. The molecule has 1 unspecified atom stereocenters. The highest BCUT2D eigenvalue weighted by Gasteiger charge is 2.15. The Hall–Kier alpha value is -0.920. The van der Waals surface area contributed by atoms with Crippen LogP contribution in [0.15, 0.2) is 12.2 Å². The van der Waals surface area contributed by atoms with Gasteiger partial charge in [-0.15, -0.1) is 0 Å². The first-order valence-electron chi connectivity index (χ1n) is 6.36. The predicted octanol–water partition coefficient (Wildman–Crippen LogP) is 0.715. The van der Waals surface area contributed by atoms with Gasteiger partial charge in [-0.05, 0) is 46.2 Å². The third-order valence-electron chi connectivity index (χ3n) is 2.69. The third-order valence-corrected chi connectivity index (χ3v) is 3.94. The first kappa shape index (κ1) is 18.1. The number of hydrogen-bond acceptors (Lipinski definition) is 4. The molecule has 0 saturated heterocycles. The summed E-state index contributed by atoms with van der Waals surface area (Å²) in [5.74, 6) is -0.130. The molecule has 0 aliphatic heterocycles. The summed E-state index contributed by atoms with van der Waals surface area (Å²) < 4.78 is 30.2. The molecule has 0 fully saturated rings. The Balaban J connectivity index is 3.42. The molecule has 19 heavy (non-hydrogen) atoms. The van der Waals surface area contributed by atoms with Crippen LogP contribution in [-0.2, 0) is 14.9 Å². The van der Waals surface area contributed by atoms with Crippen molar-refractivity contribution in [2.75, 3.05) is 19.6 Å². The lowest BCUT2D eigenvalue weighted by Crippen LogP contribution is -2.27. The van der Waals surface area contributed by atoms with Gasteiger partial charge in [0, 0.05) is 12.1 Å². The maximum absolute atomic E-state index is 11.1. The summed E-state index contributed by atoms with van der Waals surface area (Å²) in [6.45, 7) is 8.57. The Morgan fingerprint density at radius 3 is 2.37 bits per heavy atom. The average Bonchev–Trinajstić information content (AvgIpc) is 2.30. The fraction of sp³-hybridized carbons (Fsp3) is 0.750. The Labute approximate surface area is 115 Å². The van der Waals surface area contributed by atoms with E-state index in [4.69, 9.17) is 4.55 Å². The molecule has 0 aromatic carbocycles. The number of nitrogens with one attached hydrogen (secondary N) is 2. The minimum absolute atomic E-state index is 0.130. The molecular formula is C12H24N2O4S. The van der Waals surface area contributed by atoms with Crippen LogP contribution in [0.4, 0.5) is 0 Å². The van der Waals surface area contributed by atoms with E-state index in [0.29, 0.717) is 25.1 Å². The quantitative estimate of drug-likeness (QED) is 0.313. The zero-order valence-electron chi connectivity index (χ0n) is 11.6. The number of hydrogen-bond donors (Lipinski definition) is 3. The summed E-state index contributed by atoms with van der Waals surface area (Å²) in [6.07, 6.45) is 2.11. The summed E-state index contributed by atoms with van der Waals surface area (Å²) in [7, 11) is -3.92. The van der Waals surface area contributed by atoms with Crippen molar-refractivity contribution in [3.63, 3.8) is 0 Å². The lowest BCUT2D eigenvalue weighted by atomic mass is 10.2. The van der Waals surface area contributed by atoms with Gasteiger partial charge in [0.25, 0.3) is 10.1 Å². The molecular weight excluding hydrogens is 268 g/mol. The van der Waals surface area contributed by atoms with Crippen molar-refractivity contribution < 1.29 is 17.8 Å². The molecule has 0 heterocycles. The molecule has 0 spiro atoms. The second-order valence-corrected chi connectivity index (χ2v) is 6.44. The van der Waals surface area contributed by atoms with Crippen LogP contribution in [-0.4, -0.2) is 43.8 Å². The van der Waals surface area contributed by atoms with Crippen LogP contribution < -0.4 is 10.6 Å². The smallest absolute Gasteiger partial charge is 0.267 e. The summed E-state index contributed by atoms with van der Waals surface area (Å²) >= 11 is 0. The zero-order valence-corrected chi connectivity index (χ0v) is 12.4. The summed E-state index contributed by atoms with van der Waals surface area (Å²) in [6, 6.07) is 0. The standard InChI is InChI=1S/C12H24N2O4S/c1-10(2)12(15)14-8-5-4-7-13-9-6-11(3)19(16,17)18/h11,13H,1,4-9H2,2-3H3,(H,14,15)(H,16,17,18). The van der Waals surface area contributed by atoms with Gasteiger partial charge in [0.1, 0.15) is 0 Å². The summed E-state index contributed by atoms with van der Waals surface area (Å²) in [4.78, 5) is 11.1. The third kappa shape index (κ3) is 9.63. The maximum Gasteiger partial charge on any atom is 0.267 e. The average molecular weight is 292 g/mol. The summed E-state index contributed by atoms with van der Waals surface area (Å²) in [5.41, 5.74) is 0.498. The van der Waals surface area contributed by atoms with Gasteiger partial charge in [0.2, 0.25) is 5.91 Å². The Morgan fingerprint density at radius 2 is 1.84 bits per heavy atom. The van der Waals surface area contributed by atoms with E-state index in [1.807, 2.05) is 0 Å². The molecule has 0 aromatic heterocycles. The van der Waals surface area contributed by atoms with Crippen molar-refractivity contribution in [3.05, 3.63) is 12.2 Å². The Kier molecular flexibility index (Phi) is 8.62. The van der Waals surface area contributed by atoms with E-state index in [0.717, 1.165) is 19.4 Å². The highest BCUT2D eigenvalue weighted by Crippen LogP contribution is 2.01. The molecule has 112 valence electrons. The van der Waals surface area contributed by atoms with Crippen molar-refractivity contribution in [2.45, 2.75) is 38.4 Å². The van der Waals surface area contributed by atoms with E-state index in [-0.39, 0.29) is 5.91 Å². The van der Waals surface area contributed by atoms with Crippen molar-refractivity contribution in [2.24, 2.45) is 0 Å². The van der Waals surface area contributed by atoms with E-state index in [1.165, 1.54) is 6.92 Å². The lowest BCUT2D eigenvalue weighted by Gasteiger charge is -2.09. The van der Waals surface area contributed by atoms with Gasteiger partial charge in [-0.1, -0.05) is 6.58 Å². The number of amides is 1. The molecule has 0 saturated carbocycles. The van der Waals surface area contributed by atoms with Crippen LogP contribution in [0.25, 0.3) is 0 Å². The van der Waals surface area contributed by atoms with Crippen molar-refractivity contribution >= 4 is 16.0 Å². The highest BCUT2D eigenvalue weighted by molar-refractivity contribution is 7.86. The minimum Gasteiger partial charge on any atom is -0.352 e. The SMILES string of the molecule is C=C(C)C(=O)NCCCCNCCC(C)S(=O)(=O)O. The fourth-order valence-electron chi connectivity index (χ4n) is 1.31. The first-order chi connectivity index (χ1) is 8.75. The van der Waals surface area contributed by atoms with Gasteiger partial charge in [-0.2, -0.15) is 8.42 Å². The highest BCUT2D eigenvalue weighted by atomic mass is 32.2. The molecule has 1 atom stereocenters. The molecule has 0 aliphatic rings. The van der Waals surface area contributed by atoms with E-state index >= 15 is 0 Å². The van der Waals surface area contributed by atoms with Crippen LogP contribution >= 0.6 is 0 Å². The largest absolute Gasteiger partial charge is 0.352 e. The number of unbranched alkanes of at least 4 members (excludes halogenated alkanes) is 1. The first-order valence-corrected chi connectivity index (χ1v) is 7.86. The van der Waals surface area contributed by atoms with Crippen LogP contribution in [0, 0.1) is 0 Å². The molecule has 7 heteroatoms. The lowest BCUT2D eigenvalue weighted by molar-refractivity contribution is -0.117. The topological polar surface area (TPSA) is 95.5 Å². The number of carbonyl (C=O) groups excluding carboxylic acids is 1. The molecule has 6 nitrogen and oxygen atoms in total. The molecule has 0 radical (unpaired) electrons. The van der Waals surface area contributed by atoms with Crippen molar-refractivity contribution in [1.82, 2.24) is 10.6 Å². The van der Waals surface area contributed by atoms with Crippen molar-refractivity contribution in [3.8, 4) is 0 Å². The van der Waals surface area contributed by atoms with Crippen LogP contribution in [0.1, 0.15) is 33.1 Å². The predicted molar refractivity (Wildman–Crippen MR) is 75.6 cm³/mol. The van der Waals surface area contributed by atoms with Gasteiger partial charge in [-0.25, -0.2) is 0 Å². The zero-order chi connectivity index (χ0) is 14.9. The Morgan fingerprint density at radius 1 is 1.26 bits per heavy atom. The van der Waals surface area contributed by atoms with Gasteiger partial charge >= 0.3 is 0 Å². The monoisotopic (exact) mass is 292 g/mol. The second kappa shape index (κ2) is 9.06. The summed E-state index contributed by atoms with van der Waals surface area (Å²) in [5, 5.41) is 5.09. The fourth-order valence-corrected chi connectivity index (χ4v) is 1.72. The van der Waals surface area contributed by atoms with E-state index in [2.05, 4.69) is 17.2 Å². The van der Waals surface area contributed by atoms with Gasteiger partial charge in [-0.3, -0.25) is 9.35 Å². The molecule has 1 amide bonds. The normalized spacial score (nSPS) is 13.0. The van der Waals surface area contributed by atoms with Crippen LogP contribution in [0.3, 0.4) is 0 Å². The molecule has 0 rings (SSSR count). The van der Waals surface area contributed by atoms with Crippen LogP contribution in [0.5, 0.6) is 0 Å². The molecule has 0 aliphatic carbocycles. The Bertz CT molecular complexity index is 393.